The van der Waals surface area contributed by atoms with E-state index in [-0.39, 0.29) is 18.9 Å². The maximum absolute atomic E-state index is 12.0. The number of nitrogens with two attached hydrogens (primary N) is 1. The zero-order valence-corrected chi connectivity index (χ0v) is 12.3. The smallest absolute Gasteiger partial charge is 0.340 e. The van der Waals surface area contributed by atoms with Gasteiger partial charge >= 0.3 is 5.97 Å². The van der Waals surface area contributed by atoms with Crippen LogP contribution in [0, 0.1) is 0 Å². The summed E-state index contributed by atoms with van der Waals surface area (Å²) in [6, 6.07) is 6.70. The normalized spacial score (nSPS) is 10.1. The minimum atomic E-state index is -0.466. The number of para-hydroxylation sites is 1. The number of benzene rings is 1. The second kappa shape index (κ2) is 6.85. The molecule has 0 aliphatic carbocycles. The Hall–Kier alpha value is -2.41. The van der Waals surface area contributed by atoms with Crippen molar-refractivity contribution in [1.82, 2.24) is 4.98 Å². The topological polar surface area (TPSA) is 94.3 Å². The molecule has 6 nitrogen and oxygen atoms in total. The van der Waals surface area contributed by atoms with E-state index in [0.29, 0.717) is 22.1 Å². The molecule has 7 heteroatoms. The third-order valence-corrected chi connectivity index (χ3v) is 3.33. The number of ether oxygens (including phenoxy) is 1. The second-order valence-corrected chi connectivity index (χ2v) is 5.06. The van der Waals surface area contributed by atoms with Crippen LogP contribution >= 0.6 is 11.3 Å². The van der Waals surface area contributed by atoms with E-state index in [0.717, 1.165) is 0 Å². The lowest BCUT2D eigenvalue weighted by molar-refractivity contribution is -0.115. The van der Waals surface area contributed by atoms with Crippen molar-refractivity contribution >= 4 is 34.0 Å². The van der Waals surface area contributed by atoms with Gasteiger partial charge < -0.3 is 15.8 Å². The Morgan fingerprint density at radius 2 is 2.14 bits per heavy atom. The number of nitrogen functional groups attached to an aromatic ring is 1. The molecule has 21 heavy (non-hydrogen) atoms. The van der Waals surface area contributed by atoms with Crippen LogP contribution < -0.4 is 11.1 Å². The van der Waals surface area contributed by atoms with Crippen LogP contribution in [-0.2, 0) is 16.0 Å². The summed E-state index contributed by atoms with van der Waals surface area (Å²) in [6.07, 6.45) is 0.102. The van der Waals surface area contributed by atoms with E-state index in [9.17, 15) is 9.59 Å². The van der Waals surface area contributed by atoms with Gasteiger partial charge in [-0.3, -0.25) is 4.79 Å². The fraction of sp³-hybridized carbons (Fsp3) is 0.214. The third-order valence-electron chi connectivity index (χ3n) is 2.61. The van der Waals surface area contributed by atoms with Gasteiger partial charge in [0.15, 0.2) is 5.13 Å². The average molecular weight is 305 g/mol. The highest BCUT2D eigenvalue weighted by Gasteiger charge is 2.14. The van der Waals surface area contributed by atoms with Crippen molar-refractivity contribution < 1.29 is 14.3 Å². The molecule has 0 aliphatic heterocycles. The Bertz CT molecular complexity index is 654. The highest BCUT2D eigenvalue weighted by Crippen LogP contribution is 2.17. The fourth-order valence-corrected chi connectivity index (χ4v) is 2.30. The number of hydrogen-bond donors (Lipinski definition) is 2. The molecule has 2 rings (SSSR count). The maximum atomic E-state index is 12.0. The van der Waals surface area contributed by atoms with Crippen molar-refractivity contribution in [2.75, 3.05) is 17.7 Å². The van der Waals surface area contributed by atoms with E-state index in [2.05, 4.69) is 10.3 Å². The van der Waals surface area contributed by atoms with Gasteiger partial charge in [-0.15, -0.1) is 11.3 Å². The molecule has 0 unspecified atom stereocenters. The highest BCUT2D eigenvalue weighted by atomic mass is 32.1. The number of nitrogens with zero attached hydrogens (tertiary/aromatic N) is 1. The summed E-state index contributed by atoms with van der Waals surface area (Å²) in [5.41, 5.74) is 6.86. The van der Waals surface area contributed by atoms with Crippen LogP contribution in [0.2, 0.25) is 0 Å². The van der Waals surface area contributed by atoms with E-state index in [1.165, 1.54) is 11.3 Å². The van der Waals surface area contributed by atoms with Crippen molar-refractivity contribution in [3.63, 3.8) is 0 Å². The van der Waals surface area contributed by atoms with Gasteiger partial charge in [0.2, 0.25) is 5.91 Å². The van der Waals surface area contributed by atoms with Crippen LogP contribution in [0.4, 0.5) is 10.8 Å². The summed E-state index contributed by atoms with van der Waals surface area (Å²) in [6.45, 7) is 2.00. The third kappa shape index (κ3) is 4.03. The molecule has 2 aromatic rings. The zero-order valence-electron chi connectivity index (χ0n) is 11.5. The highest BCUT2D eigenvalue weighted by molar-refractivity contribution is 7.13. The van der Waals surface area contributed by atoms with Gasteiger partial charge in [-0.1, -0.05) is 12.1 Å². The van der Waals surface area contributed by atoms with Crippen LogP contribution in [0.5, 0.6) is 0 Å². The standard InChI is InChI=1S/C14H15N3O3S/c1-2-20-13(19)10-5-3-4-6-11(10)17-12(18)7-9-8-21-14(15)16-9/h3-6,8H,2,7H2,1H3,(H2,15,16)(H,17,18). The van der Waals surface area contributed by atoms with Gasteiger partial charge in [-0.2, -0.15) is 0 Å². The summed E-state index contributed by atoms with van der Waals surface area (Å²) in [5, 5.41) is 4.84. The number of carbonyl (C=O) groups excluding carboxylic acids is 2. The molecule has 110 valence electrons. The van der Waals surface area contributed by atoms with Gasteiger partial charge in [0, 0.05) is 5.38 Å². The van der Waals surface area contributed by atoms with Crippen molar-refractivity contribution in [3.05, 3.63) is 40.9 Å². The van der Waals surface area contributed by atoms with Gasteiger partial charge in [0.25, 0.3) is 0 Å². The quantitative estimate of drug-likeness (QED) is 0.825. The molecular formula is C14H15N3O3S. The zero-order chi connectivity index (χ0) is 15.2. The fourth-order valence-electron chi connectivity index (χ4n) is 1.74. The van der Waals surface area contributed by atoms with E-state index in [4.69, 9.17) is 10.5 Å². The summed E-state index contributed by atoms with van der Waals surface area (Å²) in [4.78, 5) is 27.8. The maximum Gasteiger partial charge on any atom is 0.340 e. The summed E-state index contributed by atoms with van der Waals surface area (Å²) < 4.78 is 4.95. The Morgan fingerprint density at radius 1 is 1.38 bits per heavy atom. The number of esters is 1. The lowest BCUT2D eigenvalue weighted by atomic mass is 10.1. The lowest BCUT2D eigenvalue weighted by Crippen LogP contribution is -2.17. The Labute approximate surface area is 125 Å². The molecule has 1 amide bonds. The number of carbonyl (C=O) groups is 2. The van der Waals surface area contributed by atoms with Gasteiger partial charge in [-0.05, 0) is 19.1 Å². The number of amides is 1. The van der Waals surface area contributed by atoms with E-state index in [1.807, 2.05) is 0 Å². The predicted octanol–water partition coefficient (Wildman–Crippen LogP) is 2.08. The number of rotatable bonds is 5. The number of hydrogen-bond acceptors (Lipinski definition) is 6. The molecule has 1 aromatic carbocycles. The van der Waals surface area contributed by atoms with E-state index < -0.39 is 5.97 Å². The van der Waals surface area contributed by atoms with Crippen molar-refractivity contribution in [2.45, 2.75) is 13.3 Å². The molecular weight excluding hydrogens is 290 g/mol. The van der Waals surface area contributed by atoms with E-state index in [1.54, 1.807) is 36.6 Å². The van der Waals surface area contributed by atoms with Crippen LogP contribution in [0.1, 0.15) is 23.0 Å². The Kier molecular flexibility index (Phi) is 4.89. The first-order valence-electron chi connectivity index (χ1n) is 6.36. The first-order valence-corrected chi connectivity index (χ1v) is 7.24. The summed E-state index contributed by atoms with van der Waals surface area (Å²) >= 11 is 1.28. The number of thiazole rings is 1. The van der Waals surface area contributed by atoms with Gasteiger partial charge in [0.1, 0.15) is 0 Å². The number of aromatic nitrogens is 1. The monoisotopic (exact) mass is 305 g/mol. The molecule has 0 bridgehead atoms. The minimum absolute atomic E-state index is 0.102. The molecule has 1 heterocycles. The lowest BCUT2D eigenvalue weighted by Gasteiger charge is -2.09. The molecule has 0 aliphatic rings. The molecule has 0 radical (unpaired) electrons. The predicted molar refractivity (Wildman–Crippen MR) is 81.3 cm³/mol. The van der Waals surface area contributed by atoms with Crippen LogP contribution in [-0.4, -0.2) is 23.5 Å². The SMILES string of the molecule is CCOC(=O)c1ccccc1NC(=O)Cc1csc(N)n1. The largest absolute Gasteiger partial charge is 0.462 e. The number of nitrogens with one attached hydrogen (secondary N) is 1. The van der Waals surface area contributed by atoms with Crippen molar-refractivity contribution in [1.29, 1.82) is 0 Å². The molecule has 0 spiro atoms. The first-order chi connectivity index (χ1) is 10.1. The molecule has 1 aromatic heterocycles. The van der Waals surface area contributed by atoms with Crippen molar-refractivity contribution in [3.8, 4) is 0 Å². The first kappa shape index (κ1) is 15.0. The van der Waals surface area contributed by atoms with Crippen LogP contribution in [0.3, 0.4) is 0 Å². The van der Waals surface area contributed by atoms with Crippen LogP contribution in [0.15, 0.2) is 29.6 Å². The summed E-state index contributed by atoms with van der Waals surface area (Å²) in [5.74, 6) is -0.733. The molecule has 0 saturated heterocycles. The Balaban J connectivity index is 2.08. The van der Waals surface area contributed by atoms with E-state index >= 15 is 0 Å². The number of anilines is 2. The molecule has 0 saturated carbocycles. The Morgan fingerprint density at radius 3 is 2.81 bits per heavy atom. The summed E-state index contributed by atoms with van der Waals surface area (Å²) in [7, 11) is 0. The van der Waals surface area contributed by atoms with Gasteiger partial charge in [0.05, 0.1) is 30.0 Å². The minimum Gasteiger partial charge on any atom is -0.462 e. The van der Waals surface area contributed by atoms with Crippen LogP contribution in [0.25, 0.3) is 0 Å². The molecule has 3 N–H and O–H groups in total. The molecule has 0 fully saturated rings. The second-order valence-electron chi connectivity index (χ2n) is 4.17. The van der Waals surface area contributed by atoms with Crippen molar-refractivity contribution in [2.24, 2.45) is 0 Å². The average Bonchev–Trinajstić information content (AvgIpc) is 2.84. The van der Waals surface area contributed by atoms with Gasteiger partial charge in [-0.25, -0.2) is 9.78 Å². The molecule has 0 atom stereocenters.